The number of nitrogens with zero attached hydrogens (tertiary/aromatic N) is 1. The zero-order chi connectivity index (χ0) is 17.0. The lowest BCUT2D eigenvalue weighted by atomic mass is 9.80. The number of hydrogen-bond acceptors (Lipinski definition) is 5. The maximum atomic E-state index is 5.73. The zero-order valence-electron chi connectivity index (χ0n) is 15.2. The minimum Gasteiger partial charge on any atom is -0.493 e. The van der Waals surface area contributed by atoms with E-state index >= 15 is 0 Å². The molecule has 0 unspecified atom stereocenters. The van der Waals surface area contributed by atoms with Crippen molar-refractivity contribution in [2.24, 2.45) is 5.41 Å². The van der Waals surface area contributed by atoms with E-state index in [1.807, 2.05) is 6.07 Å². The van der Waals surface area contributed by atoms with Crippen molar-refractivity contribution in [3.8, 4) is 17.2 Å². The molecule has 1 aromatic rings. The van der Waals surface area contributed by atoms with Gasteiger partial charge in [0.25, 0.3) is 0 Å². The molecule has 1 atom stereocenters. The summed E-state index contributed by atoms with van der Waals surface area (Å²) in [6.45, 7) is 10.9. The standard InChI is InChI=1S/C18H30N2O3/c1-18(2,3)17(20-11-9-19-10-12-20)13-7-8-14(21-4)16(23-6)15(13)22-5/h7-8,17,19H,9-12H2,1-6H3/t17-/m0/s1. The first-order chi connectivity index (χ1) is 10.9. The van der Waals surface area contributed by atoms with Crippen LogP contribution in [0, 0.1) is 5.41 Å². The van der Waals surface area contributed by atoms with Crippen LogP contribution in [0.1, 0.15) is 32.4 Å². The molecule has 1 aliphatic heterocycles. The van der Waals surface area contributed by atoms with E-state index in [9.17, 15) is 0 Å². The van der Waals surface area contributed by atoms with E-state index in [4.69, 9.17) is 14.2 Å². The van der Waals surface area contributed by atoms with Crippen molar-refractivity contribution in [3.63, 3.8) is 0 Å². The van der Waals surface area contributed by atoms with E-state index in [2.05, 4.69) is 37.1 Å². The van der Waals surface area contributed by atoms with Gasteiger partial charge in [0.2, 0.25) is 5.75 Å². The molecule has 23 heavy (non-hydrogen) atoms. The predicted octanol–water partition coefficient (Wildman–Crippen LogP) is 2.70. The monoisotopic (exact) mass is 322 g/mol. The molecule has 130 valence electrons. The molecule has 1 saturated heterocycles. The molecule has 5 nitrogen and oxygen atoms in total. The van der Waals surface area contributed by atoms with Gasteiger partial charge >= 0.3 is 0 Å². The van der Waals surface area contributed by atoms with Gasteiger partial charge in [0, 0.05) is 37.8 Å². The number of methoxy groups -OCH3 is 3. The smallest absolute Gasteiger partial charge is 0.203 e. The Balaban J connectivity index is 2.53. The lowest BCUT2D eigenvalue weighted by Gasteiger charge is -2.43. The number of hydrogen-bond donors (Lipinski definition) is 1. The predicted molar refractivity (Wildman–Crippen MR) is 92.7 cm³/mol. The first-order valence-corrected chi connectivity index (χ1v) is 8.17. The molecule has 0 bridgehead atoms. The summed E-state index contributed by atoms with van der Waals surface area (Å²) in [4.78, 5) is 2.53. The van der Waals surface area contributed by atoms with E-state index in [0.717, 1.165) is 37.5 Å². The quantitative estimate of drug-likeness (QED) is 0.903. The third kappa shape index (κ3) is 3.72. The van der Waals surface area contributed by atoms with Crippen LogP contribution in [0.5, 0.6) is 17.2 Å². The second-order valence-electron chi connectivity index (χ2n) is 6.98. The normalized spacial score (nSPS) is 17.7. The number of nitrogens with one attached hydrogen (secondary N) is 1. The fourth-order valence-electron chi connectivity index (χ4n) is 3.49. The lowest BCUT2D eigenvalue weighted by molar-refractivity contribution is 0.0837. The van der Waals surface area contributed by atoms with Crippen molar-refractivity contribution >= 4 is 0 Å². The average molecular weight is 322 g/mol. The summed E-state index contributed by atoms with van der Waals surface area (Å²) in [5.41, 5.74) is 1.23. The fraction of sp³-hybridized carbons (Fsp3) is 0.667. The van der Waals surface area contributed by atoms with Crippen LogP contribution in [0.3, 0.4) is 0 Å². The van der Waals surface area contributed by atoms with Gasteiger partial charge in [0.05, 0.1) is 21.3 Å². The molecular weight excluding hydrogens is 292 g/mol. The molecule has 1 N–H and O–H groups in total. The third-order valence-corrected chi connectivity index (χ3v) is 4.37. The molecule has 2 rings (SSSR count). The highest BCUT2D eigenvalue weighted by molar-refractivity contribution is 5.57. The van der Waals surface area contributed by atoms with Crippen molar-refractivity contribution in [2.75, 3.05) is 47.5 Å². The lowest BCUT2D eigenvalue weighted by Crippen LogP contribution is -2.48. The summed E-state index contributed by atoms with van der Waals surface area (Å²) in [6, 6.07) is 4.33. The summed E-state index contributed by atoms with van der Waals surface area (Å²) >= 11 is 0. The highest BCUT2D eigenvalue weighted by atomic mass is 16.5. The van der Waals surface area contributed by atoms with Gasteiger partial charge in [-0.1, -0.05) is 20.8 Å². The summed E-state index contributed by atoms with van der Waals surface area (Å²) in [5, 5.41) is 3.42. The first kappa shape index (κ1) is 17.9. The van der Waals surface area contributed by atoms with E-state index < -0.39 is 0 Å². The molecule has 1 heterocycles. The molecular formula is C18H30N2O3. The Morgan fingerprint density at radius 2 is 1.57 bits per heavy atom. The molecule has 0 radical (unpaired) electrons. The van der Waals surface area contributed by atoms with Gasteiger partial charge < -0.3 is 19.5 Å². The van der Waals surface area contributed by atoms with Gasteiger partial charge in [-0.15, -0.1) is 0 Å². The van der Waals surface area contributed by atoms with Crippen molar-refractivity contribution in [1.29, 1.82) is 0 Å². The van der Waals surface area contributed by atoms with Crippen LogP contribution < -0.4 is 19.5 Å². The van der Waals surface area contributed by atoms with Gasteiger partial charge in [0.15, 0.2) is 11.5 Å². The maximum Gasteiger partial charge on any atom is 0.203 e. The van der Waals surface area contributed by atoms with Gasteiger partial charge in [-0.25, -0.2) is 0 Å². The van der Waals surface area contributed by atoms with E-state index in [-0.39, 0.29) is 11.5 Å². The molecule has 0 saturated carbocycles. The second-order valence-corrected chi connectivity index (χ2v) is 6.98. The summed E-state index contributed by atoms with van der Waals surface area (Å²) in [5.74, 6) is 2.13. The maximum absolute atomic E-state index is 5.73. The van der Waals surface area contributed by atoms with E-state index in [1.54, 1.807) is 21.3 Å². The molecule has 0 amide bonds. The average Bonchev–Trinajstić information content (AvgIpc) is 2.54. The molecule has 1 aliphatic rings. The number of piperazine rings is 1. The largest absolute Gasteiger partial charge is 0.493 e. The minimum atomic E-state index is 0.0736. The van der Waals surface area contributed by atoms with E-state index in [0.29, 0.717) is 11.5 Å². The van der Waals surface area contributed by atoms with Crippen LogP contribution >= 0.6 is 0 Å². The Kier molecular flexibility index (Phi) is 5.76. The highest BCUT2D eigenvalue weighted by Gasteiger charge is 2.35. The van der Waals surface area contributed by atoms with Gasteiger partial charge in [-0.05, 0) is 17.5 Å². The number of benzene rings is 1. The van der Waals surface area contributed by atoms with Crippen molar-refractivity contribution in [2.45, 2.75) is 26.8 Å². The van der Waals surface area contributed by atoms with Crippen molar-refractivity contribution in [3.05, 3.63) is 17.7 Å². The first-order valence-electron chi connectivity index (χ1n) is 8.17. The van der Waals surface area contributed by atoms with Gasteiger partial charge in [-0.2, -0.15) is 0 Å². The topological polar surface area (TPSA) is 43.0 Å². The zero-order valence-corrected chi connectivity index (χ0v) is 15.2. The van der Waals surface area contributed by atoms with Crippen LogP contribution in [0.25, 0.3) is 0 Å². The third-order valence-electron chi connectivity index (χ3n) is 4.37. The SMILES string of the molecule is COc1ccc([C@H](N2CCNCC2)C(C)(C)C)c(OC)c1OC. The molecule has 1 aromatic carbocycles. The van der Waals surface area contributed by atoms with Crippen molar-refractivity contribution < 1.29 is 14.2 Å². The Hall–Kier alpha value is -1.46. The summed E-state index contributed by atoms with van der Waals surface area (Å²) < 4.78 is 16.7. The van der Waals surface area contributed by atoms with Crippen LogP contribution in [0.15, 0.2) is 12.1 Å². The summed E-state index contributed by atoms with van der Waals surface area (Å²) in [6.07, 6.45) is 0. The van der Waals surface area contributed by atoms with Crippen LogP contribution in [-0.4, -0.2) is 52.4 Å². The Morgan fingerprint density at radius 3 is 2.04 bits per heavy atom. The highest BCUT2D eigenvalue weighted by Crippen LogP contribution is 2.48. The molecule has 0 aromatic heterocycles. The van der Waals surface area contributed by atoms with E-state index in [1.165, 1.54) is 0 Å². The molecule has 5 heteroatoms. The second kappa shape index (κ2) is 7.41. The van der Waals surface area contributed by atoms with Crippen LogP contribution in [-0.2, 0) is 0 Å². The number of ether oxygens (including phenoxy) is 3. The Morgan fingerprint density at radius 1 is 0.957 bits per heavy atom. The molecule has 1 fully saturated rings. The van der Waals surface area contributed by atoms with Gasteiger partial charge in [0.1, 0.15) is 0 Å². The van der Waals surface area contributed by atoms with Crippen LogP contribution in [0.2, 0.25) is 0 Å². The Labute approximate surface area is 139 Å². The molecule has 0 aliphatic carbocycles. The van der Waals surface area contributed by atoms with Crippen molar-refractivity contribution in [1.82, 2.24) is 10.2 Å². The summed E-state index contributed by atoms with van der Waals surface area (Å²) in [7, 11) is 4.99. The van der Waals surface area contributed by atoms with Gasteiger partial charge in [-0.3, -0.25) is 4.90 Å². The Bertz CT molecular complexity index is 520. The van der Waals surface area contributed by atoms with Crippen LogP contribution in [0.4, 0.5) is 0 Å². The fourth-order valence-corrected chi connectivity index (χ4v) is 3.49. The molecule has 0 spiro atoms. The number of rotatable bonds is 5. The minimum absolute atomic E-state index is 0.0736.